The molecule has 0 aliphatic rings. The summed E-state index contributed by atoms with van der Waals surface area (Å²) in [6, 6.07) is 1.83. The van der Waals surface area contributed by atoms with Crippen molar-refractivity contribution < 1.29 is 22.4 Å². The van der Waals surface area contributed by atoms with Crippen LogP contribution in [0, 0.1) is 0 Å². The van der Waals surface area contributed by atoms with Crippen molar-refractivity contribution in [3.63, 3.8) is 0 Å². The van der Waals surface area contributed by atoms with Crippen LogP contribution < -0.4 is 16.4 Å². The molecule has 0 saturated heterocycles. The zero-order chi connectivity index (χ0) is 23.3. The van der Waals surface area contributed by atoms with Crippen molar-refractivity contribution in [3.05, 3.63) is 47.0 Å². The second kappa shape index (κ2) is 7.29. The van der Waals surface area contributed by atoms with E-state index in [4.69, 9.17) is 4.42 Å². The van der Waals surface area contributed by atoms with Gasteiger partial charge in [0.2, 0.25) is 0 Å². The molecule has 5 rings (SSSR count). The van der Waals surface area contributed by atoms with E-state index >= 15 is 0 Å². The van der Waals surface area contributed by atoms with E-state index in [1.165, 1.54) is 24.7 Å². The van der Waals surface area contributed by atoms with Crippen LogP contribution in [-0.2, 0) is 6.18 Å². The van der Waals surface area contributed by atoms with Crippen LogP contribution in [0.4, 0.5) is 23.8 Å². The number of nitrogens with zero attached hydrogens (tertiary/aromatic N) is 5. The summed E-state index contributed by atoms with van der Waals surface area (Å²) < 4.78 is 46.7. The highest BCUT2D eigenvalue weighted by molar-refractivity contribution is 6.15. The Morgan fingerprint density at radius 1 is 1.18 bits per heavy atom. The maximum absolute atomic E-state index is 13.5. The highest BCUT2D eigenvalue weighted by Crippen LogP contribution is 2.37. The number of carbonyl (C=O) groups excluding carboxylic acids is 1. The van der Waals surface area contributed by atoms with Gasteiger partial charge in [-0.15, -0.1) is 5.10 Å². The molecule has 0 atom stereocenters. The summed E-state index contributed by atoms with van der Waals surface area (Å²) in [6.07, 6.45) is -0.573. The molecule has 3 N–H and O–H groups in total. The Morgan fingerprint density at radius 3 is 2.70 bits per heavy atom. The van der Waals surface area contributed by atoms with Gasteiger partial charge >= 0.3 is 18.0 Å². The van der Waals surface area contributed by atoms with Crippen LogP contribution in [0.25, 0.3) is 38.6 Å². The Balaban J connectivity index is 1.87. The van der Waals surface area contributed by atoms with E-state index in [0.717, 1.165) is 10.6 Å². The summed E-state index contributed by atoms with van der Waals surface area (Å²) in [5.41, 5.74) is -0.697. The minimum absolute atomic E-state index is 0.0940. The minimum atomic E-state index is -4.72. The van der Waals surface area contributed by atoms with Gasteiger partial charge in [0, 0.05) is 41.3 Å². The zero-order valence-electron chi connectivity index (χ0n) is 16.7. The third kappa shape index (κ3) is 3.40. The molecule has 2 amide bonds. The SMILES string of the molecule is CCNC(=O)Nc1cc2c(cn1)c1cncc(-c3n[nH]c(=O)o3)c1n1nc(C(F)(F)F)cc21. The lowest BCUT2D eigenvalue weighted by Crippen LogP contribution is -2.28. The fourth-order valence-corrected chi connectivity index (χ4v) is 3.53. The van der Waals surface area contributed by atoms with Gasteiger partial charge in [0.05, 0.1) is 16.6 Å². The largest absolute Gasteiger partial charge is 0.435 e. The Labute approximate surface area is 180 Å². The highest BCUT2D eigenvalue weighted by atomic mass is 19.4. The predicted octanol–water partition coefficient (Wildman–Crippen LogP) is 2.93. The van der Waals surface area contributed by atoms with Crippen molar-refractivity contribution in [1.29, 1.82) is 0 Å². The molecule has 5 heterocycles. The molecule has 0 spiro atoms. The van der Waals surface area contributed by atoms with Crippen LogP contribution in [0.15, 0.2) is 39.9 Å². The summed E-state index contributed by atoms with van der Waals surface area (Å²) in [4.78, 5) is 31.7. The Morgan fingerprint density at radius 2 is 2.00 bits per heavy atom. The molecule has 0 aliphatic carbocycles. The average molecular weight is 458 g/mol. The summed E-state index contributed by atoms with van der Waals surface area (Å²) in [6.45, 7) is 2.11. The first-order chi connectivity index (χ1) is 15.8. The standard InChI is InChI=1S/C19H13F3N8O3/c1-2-24-17(31)26-14-3-8-9(7-25-14)10-5-23-6-11(16-27-28-18(32)33-16)15(10)30-12(8)4-13(29-30)19(20,21)22/h3-7H,2H2,1H3,(H,28,32)(H2,24,25,26,31). The van der Waals surface area contributed by atoms with Crippen molar-refractivity contribution >= 4 is 39.0 Å². The number of fused-ring (bicyclic) bond motifs is 6. The first kappa shape index (κ1) is 20.4. The Bertz CT molecular complexity index is 1600. The molecule has 168 valence electrons. The number of carbonyl (C=O) groups is 1. The van der Waals surface area contributed by atoms with Crippen molar-refractivity contribution in [2.45, 2.75) is 13.1 Å². The second-order valence-electron chi connectivity index (χ2n) is 6.93. The van der Waals surface area contributed by atoms with Gasteiger partial charge in [-0.1, -0.05) is 0 Å². The predicted molar refractivity (Wildman–Crippen MR) is 110 cm³/mol. The molecule has 5 aromatic rings. The number of halogens is 3. The monoisotopic (exact) mass is 458 g/mol. The van der Waals surface area contributed by atoms with E-state index in [2.05, 4.69) is 35.9 Å². The number of amides is 2. The van der Waals surface area contributed by atoms with E-state index in [1.54, 1.807) is 6.92 Å². The van der Waals surface area contributed by atoms with Gasteiger partial charge in [-0.3, -0.25) is 10.3 Å². The van der Waals surface area contributed by atoms with Crippen molar-refractivity contribution in [3.8, 4) is 11.5 Å². The molecule has 0 fully saturated rings. The van der Waals surface area contributed by atoms with Gasteiger partial charge in [0.25, 0.3) is 5.89 Å². The molecule has 0 aromatic carbocycles. The van der Waals surface area contributed by atoms with Crippen LogP contribution in [0.3, 0.4) is 0 Å². The number of anilines is 1. The van der Waals surface area contributed by atoms with Gasteiger partial charge in [0.15, 0.2) is 5.69 Å². The zero-order valence-corrected chi connectivity index (χ0v) is 16.7. The first-order valence-electron chi connectivity index (χ1n) is 9.53. The number of alkyl halides is 3. The number of hydrogen-bond donors (Lipinski definition) is 3. The molecule has 33 heavy (non-hydrogen) atoms. The van der Waals surface area contributed by atoms with Crippen LogP contribution in [-0.4, -0.2) is 42.4 Å². The molecule has 0 aliphatic heterocycles. The lowest BCUT2D eigenvalue weighted by Gasteiger charge is -2.11. The van der Waals surface area contributed by atoms with Crippen molar-refractivity contribution in [2.75, 3.05) is 11.9 Å². The molecular weight excluding hydrogens is 445 g/mol. The first-order valence-corrected chi connectivity index (χ1v) is 9.53. The fourth-order valence-electron chi connectivity index (χ4n) is 3.53. The van der Waals surface area contributed by atoms with Crippen molar-refractivity contribution in [2.24, 2.45) is 0 Å². The smallest absolute Gasteiger partial charge is 0.388 e. The van der Waals surface area contributed by atoms with E-state index in [-0.39, 0.29) is 28.3 Å². The number of hydrogen-bond acceptors (Lipinski definition) is 7. The Hall–Kier alpha value is -4.49. The van der Waals surface area contributed by atoms with Gasteiger partial charge in [-0.25, -0.2) is 24.2 Å². The molecule has 0 bridgehead atoms. The van der Waals surface area contributed by atoms with E-state index in [0.29, 0.717) is 22.7 Å². The van der Waals surface area contributed by atoms with E-state index in [1.807, 2.05) is 0 Å². The number of H-pyrrole nitrogens is 1. The third-order valence-corrected chi connectivity index (χ3v) is 4.85. The molecule has 11 nitrogen and oxygen atoms in total. The van der Waals surface area contributed by atoms with Crippen LogP contribution >= 0.6 is 0 Å². The number of aromatic amines is 1. The summed E-state index contributed by atoms with van der Waals surface area (Å²) >= 11 is 0. The van der Waals surface area contributed by atoms with E-state index in [9.17, 15) is 22.8 Å². The maximum atomic E-state index is 13.5. The fraction of sp³-hybridized carbons (Fsp3) is 0.158. The molecule has 5 aromatic heterocycles. The second-order valence-corrected chi connectivity index (χ2v) is 6.93. The van der Waals surface area contributed by atoms with Crippen LogP contribution in [0.2, 0.25) is 0 Å². The highest BCUT2D eigenvalue weighted by Gasteiger charge is 2.35. The van der Waals surface area contributed by atoms with Gasteiger partial charge < -0.3 is 9.73 Å². The minimum Gasteiger partial charge on any atom is -0.388 e. The lowest BCUT2D eigenvalue weighted by atomic mass is 10.1. The van der Waals surface area contributed by atoms with Crippen LogP contribution in [0.1, 0.15) is 12.6 Å². The lowest BCUT2D eigenvalue weighted by molar-refractivity contribution is -0.141. The topological polar surface area (TPSA) is 143 Å². The van der Waals surface area contributed by atoms with Gasteiger partial charge in [-0.05, 0) is 19.1 Å². The molecule has 0 radical (unpaired) electrons. The Kier molecular flexibility index (Phi) is 4.51. The quantitative estimate of drug-likeness (QED) is 0.353. The normalized spacial score (nSPS) is 12.0. The third-order valence-electron chi connectivity index (χ3n) is 4.85. The van der Waals surface area contributed by atoms with Gasteiger partial charge in [0.1, 0.15) is 5.82 Å². The summed E-state index contributed by atoms with van der Waals surface area (Å²) in [5, 5.41) is 15.9. The number of urea groups is 1. The maximum Gasteiger partial charge on any atom is 0.435 e. The number of rotatable bonds is 3. The number of nitrogens with one attached hydrogen (secondary N) is 3. The molecule has 0 saturated carbocycles. The number of pyridine rings is 3. The summed E-state index contributed by atoms with van der Waals surface area (Å²) in [7, 11) is 0. The molecular formula is C19H13F3N8O3. The van der Waals surface area contributed by atoms with E-state index < -0.39 is 23.7 Å². The summed E-state index contributed by atoms with van der Waals surface area (Å²) in [5.74, 6) is -0.865. The molecule has 14 heteroatoms. The molecule has 0 unspecified atom stereocenters. The van der Waals surface area contributed by atoms with Gasteiger partial charge in [-0.2, -0.15) is 18.3 Å². The average Bonchev–Trinajstić information content (AvgIpc) is 3.40. The number of aromatic nitrogens is 6. The van der Waals surface area contributed by atoms with Crippen molar-refractivity contribution in [1.82, 2.24) is 35.1 Å². The van der Waals surface area contributed by atoms with Crippen LogP contribution in [0.5, 0.6) is 0 Å².